The molecule has 1 amide bonds. The fraction of sp³-hybridized carbons (Fsp3) is 0.526. The van der Waals surface area contributed by atoms with Crippen molar-refractivity contribution in [3.8, 4) is 5.75 Å². The number of amides is 1. The third kappa shape index (κ3) is 4.58. The van der Waals surface area contributed by atoms with Gasteiger partial charge in [-0.15, -0.1) is 10.2 Å². The minimum atomic E-state index is 0.130. The highest BCUT2D eigenvalue weighted by Crippen LogP contribution is 2.25. The van der Waals surface area contributed by atoms with Crippen molar-refractivity contribution in [3.05, 3.63) is 35.7 Å². The zero-order chi connectivity index (χ0) is 18.5. The van der Waals surface area contributed by atoms with E-state index < -0.39 is 0 Å². The third-order valence-corrected chi connectivity index (χ3v) is 5.50. The van der Waals surface area contributed by atoms with E-state index >= 15 is 0 Å². The molecule has 6 nitrogen and oxygen atoms in total. The highest BCUT2D eigenvalue weighted by molar-refractivity contribution is 7.99. The molecular formula is C19H25N3O3S. The van der Waals surface area contributed by atoms with E-state index in [2.05, 4.69) is 24.0 Å². The van der Waals surface area contributed by atoms with Gasteiger partial charge >= 0.3 is 0 Å². The number of thioether (sulfide) groups is 1. The van der Waals surface area contributed by atoms with Gasteiger partial charge in [-0.2, -0.15) is 0 Å². The summed E-state index contributed by atoms with van der Waals surface area (Å²) in [5, 5.41) is 8.40. The fourth-order valence-corrected chi connectivity index (χ4v) is 3.97. The SMILES string of the molecule is Cc1ccccc1OCc1nnc(SCC(=O)N2[C@H](C)CCC[C@H]2C)o1. The number of aryl methyl sites for hydroxylation is 1. The van der Waals surface area contributed by atoms with Crippen molar-refractivity contribution < 1.29 is 13.9 Å². The lowest BCUT2D eigenvalue weighted by atomic mass is 9.98. The summed E-state index contributed by atoms with van der Waals surface area (Å²) >= 11 is 1.28. The van der Waals surface area contributed by atoms with Gasteiger partial charge in [-0.05, 0) is 51.7 Å². The van der Waals surface area contributed by atoms with Crippen LogP contribution >= 0.6 is 11.8 Å². The van der Waals surface area contributed by atoms with E-state index in [0.717, 1.165) is 24.2 Å². The molecule has 0 saturated carbocycles. The summed E-state index contributed by atoms with van der Waals surface area (Å²) < 4.78 is 11.3. The standard InChI is InChI=1S/C19H25N3O3S/c1-13-7-4-5-10-16(13)24-11-17-20-21-19(25-17)26-12-18(23)22-14(2)8-6-9-15(22)3/h4-5,7,10,14-15H,6,8-9,11-12H2,1-3H3/t14-,15-/m1/s1. The second-order valence-corrected chi connectivity index (χ2v) is 7.66. The number of hydrogen-bond acceptors (Lipinski definition) is 6. The van der Waals surface area contributed by atoms with Crippen molar-refractivity contribution in [2.24, 2.45) is 0 Å². The lowest BCUT2D eigenvalue weighted by Gasteiger charge is -2.39. The van der Waals surface area contributed by atoms with Crippen molar-refractivity contribution in [2.75, 3.05) is 5.75 Å². The lowest BCUT2D eigenvalue weighted by Crippen LogP contribution is -2.48. The molecule has 0 radical (unpaired) electrons. The van der Waals surface area contributed by atoms with Gasteiger partial charge in [0.15, 0.2) is 6.61 Å². The van der Waals surface area contributed by atoms with Gasteiger partial charge in [0, 0.05) is 12.1 Å². The summed E-state index contributed by atoms with van der Waals surface area (Å²) in [5.41, 5.74) is 1.05. The van der Waals surface area contributed by atoms with Crippen LogP contribution in [0.25, 0.3) is 0 Å². The maximum absolute atomic E-state index is 12.5. The summed E-state index contributed by atoms with van der Waals surface area (Å²) in [5.74, 6) is 1.64. The molecule has 0 aliphatic carbocycles. The van der Waals surface area contributed by atoms with E-state index in [0.29, 0.717) is 29.0 Å². The van der Waals surface area contributed by atoms with Gasteiger partial charge in [0.05, 0.1) is 5.75 Å². The second-order valence-electron chi connectivity index (χ2n) is 6.73. The van der Waals surface area contributed by atoms with Crippen LogP contribution in [-0.4, -0.2) is 38.8 Å². The summed E-state index contributed by atoms with van der Waals surface area (Å²) in [6, 6.07) is 8.37. The lowest BCUT2D eigenvalue weighted by molar-refractivity contribution is -0.134. The average Bonchev–Trinajstić information content (AvgIpc) is 3.07. The molecule has 0 bridgehead atoms. The van der Waals surface area contributed by atoms with E-state index in [1.54, 1.807) is 0 Å². The van der Waals surface area contributed by atoms with Crippen LogP contribution in [0.5, 0.6) is 5.75 Å². The normalized spacial score (nSPS) is 20.2. The molecule has 1 fully saturated rings. The van der Waals surface area contributed by atoms with Crippen LogP contribution in [0.15, 0.2) is 33.9 Å². The Kier molecular flexibility index (Phi) is 6.19. The van der Waals surface area contributed by atoms with Crippen molar-refractivity contribution in [3.63, 3.8) is 0 Å². The second kappa shape index (κ2) is 8.58. The molecule has 3 rings (SSSR count). The molecule has 0 unspecified atom stereocenters. The van der Waals surface area contributed by atoms with Crippen molar-refractivity contribution in [1.29, 1.82) is 0 Å². The Balaban J connectivity index is 1.50. The van der Waals surface area contributed by atoms with Crippen LogP contribution in [0.4, 0.5) is 0 Å². The van der Waals surface area contributed by atoms with Gasteiger partial charge in [-0.3, -0.25) is 4.79 Å². The Morgan fingerprint density at radius 2 is 2.00 bits per heavy atom. The largest absolute Gasteiger partial charge is 0.484 e. The number of hydrogen-bond donors (Lipinski definition) is 0. The van der Waals surface area contributed by atoms with E-state index in [1.807, 2.05) is 36.1 Å². The summed E-state index contributed by atoms with van der Waals surface area (Å²) in [6.07, 6.45) is 3.33. The summed E-state index contributed by atoms with van der Waals surface area (Å²) in [4.78, 5) is 14.5. The molecule has 26 heavy (non-hydrogen) atoms. The first-order chi connectivity index (χ1) is 12.5. The third-order valence-electron chi connectivity index (χ3n) is 4.69. The molecule has 2 aromatic rings. The first-order valence-electron chi connectivity index (χ1n) is 8.99. The Labute approximate surface area is 158 Å². The van der Waals surface area contributed by atoms with Gasteiger partial charge in [0.1, 0.15) is 5.75 Å². The van der Waals surface area contributed by atoms with Crippen LogP contribution < -0.4 is 4.74 Å². The Bertz CT molecular complexity index is 739. The minimum absolute atomic E-state index is 0.130. The van der Waals surface area contributed by atoms with Crippen LogP contribution in [0.3, 0.4) is 0 Å². The van der Waals surface area contributed by atoms with Gasteiger partial charge in [0.2, 0.25) is 5.91 Å². The molecule has 2 heterocycles. The number of aromatic nitrogens is 2. The number of piperidine rings is 1. The number of ether oxygens (including phenoxy) is 1. The molecule has 1 saturated heterocycles. The first-order valence-corrected chi connectivity index (χ1v) is 9.98. The van der Waals surface area contributed by atoms with Gasteiger partial charge in [-0.1, -0.05) is 30.0 Å². The first kappa shape index (κ1) is 18.8. The molecular weight excluding hydrogens is 350 g/mol. The molecule has 1 aliphatic rings. The number of carbonyl (C=O) groups is 1. The number of likely N-dealkylation sites (tertiary alicyclic amines) is 1. The molecule has 1 aliphatic heterocycles. The Morgan fingerprint density at radius 1 is 1.27 bits per heavy atom. The van der Waals surface area contributed by atoms with Crippen molar-refractivity contribution in [2.45, 2.75) is 63.9 Å². The number of para-hydroxylation sites is 1. The van der Waals surface area contributed by atoms with E-state index in [4.69, 9.17) is 9.15 Å². The molecule has 1 aromatic carbocycles. The Hall–Kier alpha value is -2.02. The smallest absolute Gasteiger partial charge is 0.277 e. The highest BCUT2D eigenvalue weighted by atomic mass is 32.2. The molecule has 2 atom stereocenters. The number of rotatable bonds is 6. The van der Waals surface area contributed by atoms with Gasteiger partial charge in [0.25, 0.3) is 11.1 Å². The van der Waals surface area contributed by atoms with Gasteiger partial charge in [-0.25, -0.2) is 0 Å². The molecule has 1 aromatic heterocycles. The van der Waals surface area contributed by atoms with Crippen LogP contribution in [0.2, 0.25) is 0 Å². The van der Waals surface area contributed by atoms with Gasteiger partial charge < -0.3 is 14.1 Å². The van der Waals surface area contributed by atoms with Crippen LogP contribution in [0.1, 0.15) is 44.6 Å². The van der Waals surface area contributed by atoms with Crippen molar-refractivity contribution >= 4 is 17.7 Å². The topological polar surface area (TPSA) is 68.5 Å². The zero-order valence-corrected chi connectivity index (χ0v) is 16.3. The average molecular weight is 375 g/mol. The summed E-state index contributed by atoms with van der Waals surface area (Å²) in [6.45, 7) is 6.43. The molecule has 7 heteroatoms. The fourth-order valence-electron chi connectivity index (χ4n) is 3.32. The minimum Gasteiger partial charge on any atom is -0.484 e. The predicted molar refractivity (Wildman–Crippen MR) is 100 cm³/mol. The molecule has 0 spiro atoms. The maximum Gasteiger partial charge on any atom is 0.277 e. The number of carbonyl (C=O) groups excluding carboxylic acids is 1. The monoisotopic (exact) mass is 375 g/mol. The summed E-state index contributed by atoms with van der Waals surface area (Å²) in [7, 11) is 0. The van der Waals surface area contributed by atoms with Crippen LogP contribution in [0, 0.1) is 6.92 Å². The van der Waals surface area contributed by atoms with E-state index in [9.17, 15) is 4.79 Å². The van der Waals surface area contributed by atoms with Crippen LogP contribution in [-0.2, 0) is 11.4 Å². The van der Waals surface area contributed by atoms with E-state index in [-0.39, 0.29) is 12.5 Å². The predicted octanol–water partition coefficient (Wildman–Crippen LogP) is 3.84. The molecule has 140 valence electrons. The highest BCUT2D eigenvalue weighted by Gasteiger charge is 2.29. The Morgan fingerprint density at radius 3 is 2.73 bits per heavy atom. The zero-order valence-electron chi connectivity index (χ0n) is 15.5. The quantitative estimate of drug-likeness (QED) is 0.715. The number of nitrogens with zero attached hydrogens (tertiary/aromatic N) is 3. The molecule has 0 N–H and O–H groups in total. The van der Waals surface area contributed by atoms with E-state index in [1.165, 1.54) is 18.2 Å². The maximum atomic E-state index is 12.5. The van der Waals surface area contributed by atoms with Crippen molar-refractivity contribution in [1.82, 2.24) is 15.1 Å². The number of benzene rings is 1.